The van der Waals surface area contributed by atoms with Gasteiger partial charge in [-0.25, -0.2) is 4.79 Å². The van der Waals surface area contributed by atoms with Crippen LogP contribution in [0, 0.1) is 0 Å². The Hall–Kier alpha value is -0.360. The minimum absolute atomic E-state index is 0. The van der Waals surface area contributed by atoms with Crippen molar-refractivity contribution in [1.29, 1.82) is 0 Å². The molecule has 0 fully saturated rings. The normalized spacial score (nSPS) is 10.0. The molecule has 0 aromatic heterocycles. The van der Waals surface area contributed by atoms with Crippen LogP contribution < -0.4 is 34.7 Å². The summed E-state index contributed by atoms with van der Waals surface area (Å²) in [5.74, 6) is -1.62. The fourth-order valence-electron chi connectivity index (χ4n) is 0.881. The molecule has 0 amide bonds. The number of aliphatic carboxylic acids is 1. The first-order valence-electron chi connectivity index (χ1n) is 4.18. The summed E-state index contributed by atoms with van der Waals surface area (Å²) >= 11 is 0. The van der Waals surface area contributed by atoms with Gasteiger partial charge in [-0.3, -0.25) is 0 Å². The van der Waals surface area contributed by atoms with Gasteiger partial charge < -0.3 is 19.1 Å². The Morgan fingerprint density at radius 2 is 2.00 bits per heavy atom. The molecule has 0 aromatic carbocycles. The Labute approximate surface area is 112 Å². The average molecular weight is 224 g/mol. The summed E-state index contributed by atoms with van der Waals surface area (Å²) in [6.45, 7) is 3.73. The summed E-state index contributed by atoms with van der Waals surface area (Å²) in [7, 11) is 3.44. The van der Waals surface area contributed by atoms with Crippen LogP contribution in [0.2, 0.25) is 0 Å². The van der Waals surface area contributed by atoms with Crippen LogP contribution >= 0.6 is 0 Å². The number of hydrogen-bond acceptors (Lipinski definition) is 4. The van der Waals surface area contributed by atoms with Crippen LogP contribution in [0.1, 0.15) is 0 Å². The van der Waals surface area contributed by atoms with Gasteiger partial charge in [0.1, 0.15) is 19.7 Å². The van der Waals surface area contributed by atoms with E-state index in [0.717, 1.165) is 6.08 Å². The third kappa shape index (κ3) is 9.93. The van der Waals surface area contributed by atoms with Crippen LogP contribution in [-0.4, -0.2) is 50.2 Å². The summed E-state index contributed by atoms with van der Waals surface area (Å²) in [5, 5.41) is 10.3. The monoisotopic (exact) mass is 224 g/mol. The molecule has 15 heavy (non-hydrogen) atoms. The van der Waals surface area contributed by atoms with Crippen LogP contribution in [0.15, 0.2) is 12.7 Å². The molecule has 5 nitrogen and oxygen atoms in total. The van der Waals surface area contributed by atoms with Gasteiger partial charge in [0, 0.05) is 6.08 Å². The second kappa shape index (κ2) is 7.87. The van der Waals surface area contributed by atoms with Gasteiger partial charge in [-0.15, -0.1) is 0 Å². The fraction of sp³-hybridized carbons (Fsp3) is 0.556. The molecule has 0 aliphatic carbocycles. The smallest absolute Gasteiger partial charge is 0.544 e. The summed E-state index contributed by atoms with van der Waals surface area (Å²) in [5.41, 5.74) is 0. The first kappa shape index (κ1) is 17.0. The fourth-order valence-corrected chi connectivity index (χ4v) is 0.881. The number of ether oxygens (including phenoxy) is 1. The number of rotatable bonds is 6. The van der Waals surface area contributed by atoms with E-state index in [1.807, 2.05) is 0 Å². The Morgan fingerprint density at radius 1 is 1.47 bits per heavy atom. The molecule has 0 saturated carbocycles. The zero-order chi connectivity index (χ0) is 11.2. The van der Waals surface area contributed by atoms with Crippen LogP contribution in [-0.2, 0) is 14.3 Å². The molecule has 0 unspecified atom stereocenters. The van der Waals surface area contributed by atoms with E-state index in [9.17, 15) is 14.7 Å². The maximum Gasteiger partial charge on any atom is 1.00 e. The van der Waals surface area contributed by atoms with E-state index < -0.39 is 11.9 Å². The van der Waals surface area contributed by atoms with Crippen LogP contribution in [0.25, 0.3) is 0 Å². The predicted octanol–water partition coefficient (Wildman–Crippen LogP) is -4.45. The molecule has 0 saturated heterocycles. The number of hydrogen-bond donors (Lipinski definition) is 0. The van der Waals surface area contributed by atoms with E-state index in [1.165, 1.54) is 0 Å². The summed E-state index contributed by atoms with van der Waals surface area (Å²) in [6, 6.07) is 0. The Balaban J connectivity index is 0. The summed E-state index contributed by atoms with van der Waals surface area (Å²) < 4.78 is 4.94. The molecule has 0 radical (unpaired) electrons. The van der Waals surface area contributed by atoms with Gasteiger partial charge in [0.25, 0.3) is 0 Å². The number of carboxylic acid groups (broad SMARTS) is 1. The van der Waals surface area contributed by atoms with Crippen molar-refractivity contribution in [2.24, 2.45) is 0 Å². The van der Waals surface area contributed by atoms with E-state index in [1.54, 1.807) is 14.1 Å². The minimum atomic E-state index is -1.12. The van der Waals surface area contributed by atoms with Gasteiger partial charge >= 0.3 is 35.5 Å². The Kier molecular flexibility index (Phi) is 8.95. The second-order valence-corrected chi connectivity index (χ2v) is 3.56. The van der Waals surface area contributed by atoms with Gasteiger partial charge in [0.15, 0.2) is 0 Å². The molecular weight excluding hydrogens is 209 g/mol. The van der Waals surface area contributed by atoms with E-state index in [4.69, 9.17) is 4.74 Å². The van der Waals surface area contributed by atoms with E-state index in [0.29, 0.717) is 6.54 Å². The SMILES string of the molecule is C=CC(=O)OCC[N+](C)(C)CC(=O)[O-].[Na+]. The molecule has 0 heterocycles. The van der Waals surface area contributed by atoms with E-state index >= 15 is 0 Å². The molecule has 80 valence electrons. The molecule has 6 heteroatoms. The molecule has 0 N–H and O–H groups in total. The Bertz CT molecular complexity index is 240. The van der Waals surface area contributed by atoms with Crippen molar-refractivity contribution in [2.45, 2.75) is 0 Å². The Morgan fingerprint density at radius 3 is 2.40 bits per heavy atom. The number of esters is 1. The third-order valence-corrected chi connectivity index (χ3v) is 1.66. The van der Waals surface area contributed by atoms with Gasteiger partial charge in [-0.1, -0.05) is 6.58 Å². The molecule has 0 spiro atoms. The zero-order valence-electron chi connectivity index (χ0n) is 9.49. The second-order valence-electron chi connectivity index (χ2n) is 3.56. The van der Waals surface area contributed by atoms with Crippen molar-refractivity contribution in [2.75, 3.05) is 33.8 Å². The largest absolute Gasteiger partial charge is 1.00 e. The number of carbonyl (C=O) groups is 2. The number of nitrogens with zero attached hydrogens (tertiary/aromatic N) is 1. The maximum absolute atomic E-state index is 10.6. The van der Waals surface area contributed by atoms with Crippen LogP contribution in [0.5, 0.6) is 0 Å². The molecule has 0 rings (SSSR count). The summed E-state index contributed by atoms with van der Waals surface area (Å²) in [4.78, 5) is 21.0. The van der Waals surface area contributed by atoms with E-state index in [2.05, 4.69) is 6.58 Å². The molecule has 0 aromatic rings. The van der Waals surface area contributed by atoms with Crippen molar-refractivity contribution >= 4 is 11.9 Å². The number of quaternary nitrogens is 1. The topological polar surface area (TPSA) is 66.4 Å². The molecular formula is C9H15NNaO4+. The van der Waals surface area contributed by atoms with Crippen LogP contribution in [0.3, 0.4) is 0 Å². The molecule has 0 atom stereocenters. The minimum Gasteiger partial charge on any atom is -0.544 e. The maximum atomic E-state index is 10.6. The van der Waals surface area contributed by atoms with Gasteiger partial charge in [-0.2, -0.15) is 0 Å². The van der Waals surface area contributed by atoms with Crippen molar-refractivity contribution in [1.82, 2.24) is 0 Å². The standard InChI is InChI=1S/C9H15NO4.Na/c1-4-9(13)14-6-5-10(2,3)7-8(11)12;/h4H,1,5-7H2,2-3H3;/q;+1. The molecule has 0 aliphatic rings. The van der Waals surface area contributed by atoms with Crippen LogP contribution in [0.4, 0.5) is 0 Å². The average Bonchev–Trinajstić information content (AvgIpc) is 2.01. The molecule has 0 aliphatic heterocycles. The van der Waals surface area contributed by atoms with Gasteiger partial charge in [-0.05, 0) is 0 Å². The van der Waals surface area contributed by atoms with Gasteiger partial charge in [0.05, 0.1) is 20.1 Å². The van der Waals surface area contributed by atoms with Crippen molar-refractivity contribution in [3.63, 3.8) is 0 Å². The summed E-state index contributed by atoms with van der Waals surface area (Å²) in [6.07, 6.45) is 1.07. The number of likely N-dealkylation sites (N-methyl/N-ethyl adjacent to an activating group) is 1. The number of carbonyl (C=O) groups excluding carboxylic acids is 2. The zero-order valence-corrected chi connectivity index (χ0v) is 11.5. The first-order chi connectivity index (χ1) is 6.37. The molecule has 0 bridgehead atoms. The van der Waals surface area contributed by atoms with Crippen molar-refractivity contribution in [3.8, 4) is 0 Å². The van der Waals surface area contributed by atoms with Gasteiger partial charge in [0.2, 0.25) is 0 Å². The third-order valence-electron chi connectivity index (χ3n) is 1.66. The predicted molar refractivity (Wildman–Crippen MR) is 48.0 cm³/mol. The van der Waals surface area contributed by atoms with Crippen molar-refractivity contribution in [3.05, 3.63) is 12.7 Å². The number of carboxylic acids is 1. The first-order valence-corrected chi connectivity index (χ1v) is 4.18. The quantitative estimate of drug-likeness (QED) is 0.197. The van der Waals surface area contributed by atoms with Crippen molar-refractivity contribution < 1.29 is 53.5 Å². The van der Waals surface area contributed by atoms with E-state index in [-0.39, 0.29) is 47.2 Å².